The van der Waals surface area contributed by atoms with Crippen LogP contribution < -0.4 is 16.2 Å². The van der Waals surface area contributed by atoms with Crippen molar-refractivity contribution in [2.45, 2.75) is 13.0 Å². The first-order valence-electron chi connectivity index (χ1n) is 5.95. The number of nitro groups is 1. The van der Waals surface area contributed by atoms with Gasteiger partial charge in [0.25, 0.3) is 0 Å². The summed E-state index contributed by atoms with van der Waals surface area (Å²) in [5, 5.41) is 11.2. The molecule has 1 saturated heterocycles. The number of hydrogen-bond acceptors (Lipinski definition) is 8. The van der Waals surface area contributed by atoms with E-state index in [-0.39, 0.29) is 17.5 Å². The van der Waals surface area contributed by atoms with Crippen LogP contribution in [0.2, 0.25) is 0 Å². The number of nitrogen functional groups attached to an aromatic ring is 1. The third kappa shape index (κ3) is 2.56. The average molecular weight is 267 g/mol. The molecule has 0 bridgehead atoms. The lowest BCUT2D eigenvalue weighted by molar-refractivity contribution is -0.383. The van der Waals surface area contributed by atoms with Gasteiger partial charge in [-0.3, -0.25) is 10.1 Å². The molecule has 1 atom stereocenters. The van der Waals surface area contributed by atoms with E-state index < -0.39 is 4.92 Å². The minimum Gasteiger partial charge on any atom is -0.345 e. The van der Waals surface area contributed by atoms with Crippen molar-refractivity contribution < 1.29 is 4.92 Å². The van der Waals surface area contributed by atoms with Crippen LogP contribution >= 0.6 is 0 Å². The van der Waals surface area contributed by atoms with E-state index in [4.69, 9.17) is 5.84 Å². The van der Waals surface area contributed by atoms with Crippen molar-refractivity contribution in [1.29, 1.82) is 0 Å². The first-order chi connectivity index (χ1) is 9.04. The van der Waals surface area contributed by atoms with E-state index in [2.05, 4.69) is 20.3 Å². The zero-order valence-electron chi connectivity index (χ0n) is 10.9. The molecule has 104 valence electrons. The Morgan fingerprint density at radius 2 is 2.26 bits per heavy atom. The molecule has 3 N–H and O–H groups in total. The molecule has 1 unspecified atom stereocenters. The highest BCUT2D eigenvalue weighted by molar-refractivity contribution is 5.70. The topological polar surface area (TPSA) is 113 Å². The fourth-order valence-corrected chi connectivity index (χ4v) is 2.31. The standard InChI is InChI=1S/C10H17N7O2/c1-7-5-15(2)3-4-16(7)10-8(17(18)19)9(14-11)12-6-13-10/h6-7H,3-5,11H2,1-2H3,(H,12,13,14). The smallest absolute Gasteiger partial charge is 0.345 e. The predicted molar refractivity (Wildman–Crippen MR) is 70.8 cm³/mol. The summed E-state index contributed by atoms with van der Waals surface area (Å²) in [4.78, 5) is 22.7. The SMILES string of the molecule is CC1CN(C)CCN1c1ncnc(NN)c1[N+](=O)[O-]. The van der Waals surface area contributed by atoms with Gasteiger partial charge in [-0.1, -0.05) is 0 Å². The summed E-state index contributed by atoms with van der Waals surface area (Å²) in [6, 6.07) is 0.137. The molecule has 1 aromatic heterocycles. The lowest BCUT2D eigenvalue weighted by Crippen LogP contribution is -2.51. The van der Waals surface area contributed by atoms with Crippen molar-refractivity contribution in [2.75, 3.05) is 37.0 Å². The van der Waals surface area contributed by atoms with Crippen LogP contribution in [0.5, 0.6) is 0 Å². The average Bonchev–Trinajstić information content (AvgIpc) is 2.37. The highest BCUT2D eigenvalue weighted by atomic mass is 16.6. The van der Waals surface area contributed by atoms with Gasteiger partial charge in [0.15, 0.2) is 0 Å². The van der Waals surface area contributed by atoms with Crippen LogP contribution in [-0.4, -0.2) is 52.5 Å². The van der Waals surface area contributed by atoms with Gasteiger partial charge in [0, 0.05) is 25.7 Å². The van der Waals surface area contributed by atoms with Crippen molar-refractivity contribution in [2.24, 2.45) is 5.84 Å². The Hall–Kier alpha value is -2.00. The highest BCUT2D eigenvalue weighted by Gasteiger charge is 2.31. The molecule has 0 aromatic carbocycles. The van der Waals surface area contributed by atoms with Gasteiger partial charge < -0.3 is 15.2 Å². The normalized spacial score (nSPS) is 20.4. The van der Waals surface area contributed by atoms with Crippen LogP contribution in [0.15, 0.2) is 6.33 Å². The molecule has 2 heterocycles. The predicted octanol–water partition coefficient (Wildman–Crippen LogP) is -0.189. The van der Waals surface area contributed by atoms with Gasteiger partial charge in [-0.2, -0.15) is 0 Å². The van der Waals surface area contributed by atoms with Gasteiger partial charge >= 0.3 is 5.69 Å². The zero-order chi connectivity index (χ0) is 14.0. The number of piperazine rings is 1. The summed E-state index contributed by atoms with van der Waals surface area (Å²) in [5.41, 5.74) is 2.07. The van der Waals surface area contributed by atoms with Crippen molar-refractivity contribution in [1.82, 2.24) is 14.9 Å². The largest absolute Gasteiger partial charge is 0.354 e. The number of rotatable bonds is 3. The molecule has 9 heteroatoms. The second-order valence-corrected chi connectivity index (χ2v) is 4.60. The summed E-state index contributed by atoms with van der Waals surface area (Å²) in [5.74, 6) is 5.61. The Kier molecular flexibility index (Phi) is 3.76. The number of hydrazine groups is 1. The number of hydrogen-bond donors (Lipinski definition) is 2. The van der Waals surface area contributed by atoms with Gasteiger partial charge in [-0.15, -0.1) is 0 Å². The molecule has 1 aliphatic heterocycles. The molecule has 19 heavy (non-hydrogen) atoms. The van der Waals surface area contributed by atoms with Gasteiger partial charge in [-0.25, -0.2) is 15.8 Å². The van der Waals surface area contributed by atoms with E-state index in [0.29, 0.717) is 12.4 Å². The maximum atomic E-state index is 11.2. The molecular weight excluding hydrogens is 250 g/mol. The summed E-state index contributed by atoms with van der Waals surface area (Å²) in [6.07, 6.45) is 1.28. The molecule has 1 aliphatic rings. The molecule has 0 amide bonds. The van der Waals surface area contributed by atoms with E-state index >= 15 is 0 Å². The molecular formula is C10H17N7O2. The third-order valence-corrected chi connectivity index (χ3v) is 3.22. The van der Waals surface area contributed by atoms with Crippen molar-refractivity contribution in [3.8, 4) is 0 Å². The van der Waals surface area contributed by atoms with Crippen LogP contribution in [-0.2, 0) is 0 Å². The molecule has 0 saturated carbocycles. The summed E-state index contributed by atoms with van der Waals surface area (Å²) >= 11 is 0. The van der Waals surface area contributed by atoms with E-state index in [9.17, 15) is 10.1 Å². The lowest BCUT2D eigenvalue weighted by atomic mass is 10.2. The minimum absolute atomic E-state index is 0.0288. The van der Waals surface area contributed by atoms with Gasteiger partial charge in [-0.05, 0) is 14.0 Å². The Morgan fingerprint density at radius 1 is 1.53 bits per heavy atom. The van der Waals surface area contributed by atoms with E-state index in [0.717, 1.165) is 13.1 Å². The monoisotopic (exact) mass is 267 g/mol. The molecule has 0 spiro atoms. The maximum Gasteiger partial charge on any atom is 0.354 e. The molecule has 0 radical (unpaired) electrons. The maximum absolute atomic E-state index is 11.2. The minimum atomic E-state index is -0.504. The quantitative estimate of drug-likeness (QED) is 0.440. The number of nitrogens with one attached hydrogen (secondary N) is 1. The lowest BCUT2D eigenvalue weighted by Gasteiger charge is -2.38. The summed E-state index contributed by atoms with van der Waals surface area (Å²) in [7, 11) is 2.02. The molecule has 1 aromatic rings. The summed E-state index contributed by atoms with van der Waals surface area (Å²) in [6.45, 7) is 4.35. The van der Waals surface area contributed by atoms with Gasteiger partial charge in [0.1, 0.15) is 6.33 Å². The Morgan fingerprint density at radius 3 is 2.84 bits per heavy atom. The van der Waals surface area contributed by atoms with Crippen molar-refractivity contribution >= 4 is 17.3 Å². The Balaban J connectivity index is 2.41. The zero-order valence-corrected chi connectivity index (χ0v) is 10.9. The Bertz CT molecular complexity index is 481. The number of likely N-dealkylation sites (N-methyl/N-ethyl adjacent to an activating group) is 1. The first-order valence-corrected chi connectivity index (χ1v) is 5.95. The number of nitrogens with two attached hydrogens (primary N) is 1. The second-order valence-electron chi connectivity index (χ2n) is 4.60. The van der Waals surface area contributed by atoms with Crippen LogP contribution in [0.1, 0.15) is 6.92 Å². The summed E-state index contributed by atoms with van der Waals surface area (Å²) < 4.78 is 0. The van der Waals surface area contributed by atoms with E-state index in [1.54, 1.807) is 0 Å². The fourth-order valence-electron chi connectivity index (χ4n) is 2.31. The van der Waals surface area contributed by atoms with Crippen LogP contribution in [0.25, 0.3) is 0 Å². The van der Waals surface area contributed by atoms with E-state index in [1.807, 2.05) is 18.9 Å². The van der Waals surface area contributed by atoms with Gasteiger partial charge in [0.05, 0.1) is 4.92 Å². The molecule has 0 aliphatic carbocycles. The first kappa shape index (κ1) is 13.4. The van der Waals surface area contributed by atoms with Crippen LogP contribution in [0.3, 0.4) is 0 Å². The van der Waals surface area contributed by atoms with Crippen LogP contribution in [0, 0.1) is 10.1 Å². The Labute approximate surface area is 110 Å². The van der Waals surface area contributed by atoms with Crippen molar-refractivity contribution in [3.63, 3.8) is 0 Å². The number of nitrogens with zero attached hydrogens (tertiary/aromatic N) is 5. The molecule has 2 rings (SSSR count). The second kappa shape index (κ2) is 5.33. The highest BCUT2D eigenvalue weighted by Crippen LogP contribution is 2.32. The number of aromatic nitrogens is 2. The van der Waals surface area contributed by atoms with E-state index in [1.165, 1.54) is 6.33 Å². The van der Waals surface area contributed by atoms with Crippen LogP contribution in [0.4, 0.5) is 17.3 Å². The molecule has 9 nitrogen and oxygen atoms in total. The number of anilines is 2. The van der Waals surface area contributed by atoms with Crippen molar-refractivity contribution in [3.05, 3.63) is 16.4 Å². The molecule has 1 fully saturated rings. The fraction of sp³-hybridized carbons (Fsp3) is 0.600. The van der Waals surface area contributed by atoms with Gasteiger partial charge in [0.2, 0.25) is 11.6 Å². The third-order valence-electron chi connectivity index (χ3n) is 3.22.